The largest absolute Gasteiger partial charge is 0.343 e. The quantitative estimate of drug-likeness (QED) is 0.170. The first-order valence-corrected chi connectivity index (χ1v) is 15.7. The minimum absolute atomic E-state index is 0.184. The molecule has 2 aromatic rings. The number of amides is 2. The van der Waals surface area contributed by atoms with E-state index in [9.17, 15) is 9.59 Å². The summed E-state index contributed by atoms with van der Waals surface area (Å²) in [5.41, 5.74) is 3.17. The van der Waals surface area contributed by atoms with Crippen LogP contribution in [0.5, 0.6) is 0 Å². The minimum atomic E-state index is -0.351. The summed E-state index contributed by atoms with van der Waals surface area (Å²) < 4.78 is 2.67. The molecule has 3 rings (SSSR count). The number of likely N-dealkylation sites (tertiary alicyclic amines) is 1. The van der Waals surface area contributed by atoms with Gasteiger partial charge in [0.1, 0.15) is 5.82 Å². The van der Waals surface area contributed by atoms with Gasteiger partial charge in [-0.15, -0.1) is 0 Å². The van der Waals surface area contributed by atoms with Crippen LogP contribution in [0.25, 0.3) is 5.69 Å². The lowest BCUT2D eigenvalue weighted by molar-refractivity contribution is -0.132. The second kappa shape index (κ2) is 16.9. The van der Waals surface area contributed by atoms with E-state index in [1.807, 2.05) is 49.1 Å². The van der Waals surface area contributed by atoms with Crippen molar-refractivity contribution in [2.75, 3.05) is 45.1 Å². The average molecular weight is 654 g/mol. The Labute approximate surface area is 264 Å². The van der Waals surface area contributed by atoms with Crippen molar-refractivity contribution in [3.05, 3.63) is 64.0 Å². The molecule has 0 saturated carbocycles. The van der Waals surface area contributed by atoms with E-state index in [-0.39, 0.29) is 17.7 Å². The number of anilines is 1. The molecule has 0 aliphatic carbocycles. The van der Waals surface area contributed by atoms with Crippen LogP contribution in [-0.4, -0.2) is 88.6 Å². The molecule has 1 aliphatic rings. The highest BCUT2D eigenvalue weighted by Crippen LogP contribution is 2.30. The number of halogens is 1. The molecule has 2 amide bonds. The molecule has 0 radical (unpaired) electrons. The lowest BCUT2D eigenvalue weighted by Gasteiger charge is -2.32. The smallest absolute Gasteiger partial charge is 0.260 e. The Morgan fingerprint density at radius 2 is 1.84 bits per heavy atom. The van der Waals surface area contributed by atoms with E-state index in [1.165, 1.54) is 12.4 Å². The van der Waals surface area contributed by atoms with E-state index < -0.39 is 0 Å². The predicted molar refractivity (Wildman–Crippen MR) is 179 cm³/mol. The third-order valence-electron chi connectivity index (χ3n) is 7.42. The molecule has 2 heterocycles. The van der Waals surface area contributed by atoms with Gasteiger partial charge in [0, 0.05) is 68.2 Å². The molecule has 1 N–H and O–H groups in total. The number of aryl methyl sites for hydroxylation is 1. The zero-order valence-electron chi connectivity index (χ0n) is 26.3. The Kier molecular flexibility index (Phi) is 13.3. The molecular formula is C32H45BrN8O2. The first kappa shape index (κ1) is 33.9. The number of aromatic nitrogens is 2. The molecule has 1 aliphatic heterocycles. The van der Waals surface area contributed by atoms with E-state index in [2.05, 4.69) is 50.1 Å². The highest BCUT2D eigenvalue weighted by atomic mass is 79.9. The summed E-state index contributed by atoms with van der Waals surface area (Å²) in [6.45, 7) is 14.1. The van der Waals surface area contributed by atoms with Gasteiger partial charge in [0.15, 0.2) is 0 Å². The molecule has 0 atom stereocenters. The van der Waals surface area contributed by atoms with Crippen LogP contribution in [0, 0.1) is 6.92 Å². The molecule has 1 aromatic heterocycles. The summed E-state index contributed by atoms with van der Waals surface area (Å²) in [7, 11) is 1.78. The fourth-order valence-corrected chi connectivity index (χ4v) is 5.18. The molecule has 1 fully saturated rings. The molecule has 1 saturated heterocycles. The van der Waals surface area contributed by atoms with Gasteiger partial charge in [-0.2, -0.15) is 10.2 Å². The predicted octanol–water partition coefficient (Wildman–Crippen LogP) is 5.71. The van der Waals surface area contributed by atoms with Gasteiger partial charge in [-0.3, -0.25) is 19.6 Å². The van der Waals surface area contributed by atoms with Crippen molar-refractivity contribution >= 4 is 46.0 Å². The maximum atomic E-state index is 13.5. The summed E-state index contributed by atoms with van der Waals surface area (Å²) in [4.78, 5) is 34.7. The molecule has 43 heavy (non-hydrogen) atoms. The summed E-state index contributed by atoms with van der Waals surface area (Å²) >= 11 is 3.39. The van der Waals surface area contributed by atoms with Crippen molar-refractivity contribution in [1.82, 2.24) is 24.6 Å². The summed E-state index contributed by atoms with van der Waals surface area (Å²) in [5.74, 6) is 0.608. The van der Waals surface area contributed by atoms with Crippen LogP contribution in [0.2, 0.25) is 0 Å². The molecule has 0 unspecified atom stereocenters. The summed E-state index contributed by atoms with van der Waals surface area (Å²) in [5, 5.41) is 13.9. The van der Waals surface area contributed by atoms with Crippen molar-refractivity contribution in [1.29, 1.82) is 0 Å². The Morgan fingerprint density at radius 3 is 2.44 bits per heavy atom. The number of nitrogens with zero attached hydrogens (tertiary/aromatic N) is 7. The average Bonchev–Trinajstić information content (AvgIpc) is 3.41. The van der Waals surface area contributed by atoms with Crippen LogP contribution >= 0.6 is 15.9 Å². The van der Waals surface area contributed by atoms with Crippen LogP contribution in [-0.2, 0) is 9.59 Å². The van der Waals surface area contributed by atoms with Gasteiger partial charge in [0.25, 0.3) is 5.91 Å². The van der Waals surface area contributed by atoms with Gasteiger partial charge in [-0.05, 0) is 58.8 Å². The van der Waals surface area contributed by atoms with Gasteiger partial charge in [0.2, 0.25) is 5.91 Å². The lowest BCUT2D eigenvalue weighted by Crippen LogP contribution is -2.39. The Balaban J connectivity index is 1.81. The standard InChI is InChI=1S/C32H45BrN8O2/c1-7-34-21-27(22-35-38(6)23-25(5)33)32(43)36-30-20-29(37-41(30)28-12-10-24(4)11-13-28)26-14-18-40(19-15-26)31(42)16-17-39(8-2)9-3/h7,10-13,20-23,26H,8-9,14-19H2,1-6H3,(H,36,43)/b25-23+,27-21-,34-7?,35-22-. The third-order valence-corrected chi connectivity index (χ3v) is 7.62. The highest BCUT2D eigenvalue weighted by molar-refractivity contribution is 9.11. The number of rotatable bonds is 13. The summed E-state index contributed by atoms with van der Waals surface area (Å²) in [6, 6.07) is 9.97. The van der Waals surface area contributed by atoms with Crippen LogP contribution in [0.3, 0.4) is 0 Å². The maximum Gasteiger partial charge on any atom is 0.260 e. The van der Waals surface area contributed by atoms with Crippen LogP contribution < -0.4 is 5.32 Å². The number of carbonyl (C=O) groups excluding carboxylic acids is 2. The van der Waals surface area contributed by atoms with E-state index >= 15 is 0 Å². The van der Waals surface area contributed by atoms with Crippen LogP contribution in [0.4, 0.5) is 5.82 Å². The first-order valence-electron chi connectivity index (χ1n) is 14.9. The maximum absolute atomic E-state index is 13.5. The van der Waals surface area contributed by atoms with E-state index in [0.717, 1.165) is 53.9 Å². The highest BCUT2D eigenvalue weighted by Gasteiger charge is 2.27. The monoisotopic (exact) mass is 652 g/mol. The van der Waals surface area contributed by atoms with Crippen molar-refractivity contribution in [2.45, 2.75) is 59.8 Å². The molecule has 1 aromatic carbocycles. The number of hydrogen-bond acceptors (Lipinski definition) is 7. The number of carbonyl (C=O) groups is 2. The minimum Gasteiger partial charge on any atom is -0.343 e. The van der Waals surface area contributed by atoms with Crippen molar-refractivity contribution in [3.8, 4) is 5.69 Å². The van der Waals surface area contributed by atoms with Gasteiger partial charge >= 0.3 is 0 Å². The van der Waals surface area contributed by atoms with Crippen molar-refractivity contribution in [3.63, 3.8) is 0 Å². The lowest BCUT2D eigenvalue weighted by atomic mass is 9.93. The number of allylic oxidation sites excluding steroid dienone is 1. The Morgan fingerprint density at radius 1 is 1.16 bits per heavy atom. The van der Waals surface area contributed by atoms with Gasteiger partial charge in [0.05, 0.1) is 23.2 Å². The van der Waals surface area contributed by atoms with Crippen LogP contribution in [0.15, 0.2) is 62.9 Å². The fraction of sp³-hybridized carbons (Fsp3) is 0.469. The number of hydrogen-bond donors (Lipinski definition) is 1. The number of aliphatic imine (C=N–C) groups is 1. The third kappa shape index (κ3) is 10.3. The SMILES string of the molecule is CC=N/C=C(/C=N\N(C)/C=C(\C)Br)C(=O)Nc1cc(C2CCN(C(=O)CCN(CC)CC)CC2)nn1-c1ccc(C)cc1. The Bertz CT molecular complexity index is 1330. The molecule has 232 valence electrons. The van der Waals surface area contributed by atoms with Crippen molar-refractivity contribution < 1.29 is 9.59 Å². The normalized spacial score (nSPS) is 15.2. The van der Waals surface area contributed by atoms with Gasteiger partial charge in [-0.25, -0.2) is 4.68 Å². The topological polar surface area (TPSA) is 98.4 Å². The molecule has 0 bridgehead atoms. The number of nitrogens with one attached hydrogen (secondary N) is 1. The Hall–Kier alpha value is -3.57. The zero-order chi connectivity index (χ0) is 31.4. The number of hydrazone groups is 1. The van der Waals surface area contributed by atoms with Gasteiger partial charge in [-0.1, -0.05) is 47.5 Å². The molecule has 10 nitrogen and oxygen atoms in total. The van der Waals surface area contributed by atoms with E-state index in [4.69, 9.17) is 5.10 Å². The van der Waals surface area contributed by atoms with Crippen molar-refractivity contribution in [2.24, 2.45) is 10.1 Å². The fourth-order valence-electron chi connectivity index (χ4n) is 4.89. The van der Waals surface area contributed by atoms with Gasteiger partial charge < -0.3 is 15.1 Å². The zero-order valence-corrected chi connectivity index (χ0v) is 27.8. The van der Waals surface area contributed by atoms with E-state index in [0.29, 0.717) is 30.9 Å². The second-order valence-electron chi connectivity index (χ2n) is 10.6. The second-order valence-corrected chi connectivity index (χ2v) is 11.9. The summed E-state index contributed by atoms with van der Waals surface area (Å²) in [6.07, 6.45) is 8.57. The molecular weight excluding hydrogens is 608 g/mol. The van der Waals surface area contributed by atoms with Crippen LogP contribution in [0.1, 0.15) is 64.1 Å². The molecule has 0 spiro atoms. The molecule has 11 heteroatoms. The first-order chi connectivity index (χ1) is 20.6. The van der Waals surface area contributed by atoms with E-state index in [1.54, 1.807) is 36.1 Å². The number of piperidine rings is 1. The number of benzene rings is 1.